The summed E-state index contributed by atoms with van der Waals surface area (Å²) >= 11 is 6.55. The van der Waals surface area contributed by atoms with Crippen LogP contribution < -0.4 is 0 Å². The van der Waals surface area contributed by atoms with Gasteiger partial charge in [0.2, 0.25) is 0 Å². The number of rotatable bonds is 4. The molecule has 0 N–H and O–H groups in total. The fraction of sp³-hybridized carbons (Fsp3) is 0.393. The number of azide groups is 1. The Morgan fingerprint density at radius 2 is 2.00 bits per heavy atom. The van der Waals surface area contributed by atoms with Gasteiger partial charge in [-0.05, 0) is 72.8 Å². The average molecular weight is 547 g/mol. The van der Waals surface area contributed by atoms with E-state index in [4.69, 9.17) is 21.3 Å². The molecule has 1 fully saturated rings. The van der Waals surface area contributed by atoms with Crippen molar-refractivity contribution in [1.29, 1.82) is 0 Å². The van der Waals surface area contributed by atoms with Gasteiger partial charge in [0.25, 0.3) is 0 Å². The number of nitrogens with zero attached hydrogens (tertiary/aromatic N) is 8. The van der Waals surface area contributed by atoms with E-state index in [1.807, 2.05) is 68.8 Å². The number of hydrogen-bond donors (Lipinski definition) is 0. The molecular formula is C28H31ClN8O2. The van der Waals surface area contributed by atoms with Crippen molar-refractivity contribution in [2.24, 2.45) is 12.2 Å². The SMILES string of the molecule is Cn1cncc1[C@H](N=[N+]=[N-])C1=Cc2cccnc2[C@@H](N2CCN(C(=O)OC(C)(C)C)CC2)c2ccc(Cl)cc21. The lowest BCUT2D eigenvalue weighted by atomic mass is 9.90. The topological polar surface area (TPSA) is 112 Å². The van der Waals surface area contributed by atoms with Crippen molar-refractivity contribution in [2.45, 2.75) is 38.5 Å². The zero-order valence-electron chi connectivity index (χ0n) is 22.5. The molecule has 0 bridgehead atoms. The maximum atomic E-state index is 12.7. The first kappa shape index (κ1) is 26.7. The van der Waals surface area contributed by atoms with E-state index in [0.29, 0.717) is 31.2 Å². The number of hydrogen-bond acceptors (Lipinski definition) is 6. The highest BCUT2D eigenvalue weighted by molar-refractivity contribution is 6.30. The maximum absolute atomic E-state index is 12.7. The normalized spacial score (nSPS) is 18.2. The van der Waals surface area contributed by atoms with E-state index in [1.54, 1.807) is 23.6 Å². The molecule has 2 aliphatic rings. The summed E-state index contributed by atoms with van der Waals surface area (Å²) in [6.07, 6.45) is 6.94. The Hall–Kier alpha value is -3.85. The molecule has 11 heteroatoms. The molecule has 0 radical (unpaired) electrons. The van der Waals surface area contributed by atoms with Crippen LogP contribution in [0, 0.1) is 0 Å². The summed E-state index contributed by atoms with van der Waals surface area (Å²) < 4.78 is 7.45. The van der Waals surface area contributed by atoms with E-state index in [0.717, 1.165) is 33.7 Å². The fourth-order valence-electron chi connectivity index (χ4n) is 5.24. The highest BCUT2D eigenvalue weighted by Gasteiger charge is 2.36. The molecule has 1 aliphatic carbocycles. The van der Waals surface area contributed by atoms with Crippen LogP contribution in [0.2, 0.25) is 5.02 Å². The minimum absolute atomic E-state index is 0.193. The second-order valence-corrected chi connectivity index (χ2v) is 11.2. The molecule has 10 nitrogen and oxygen atoms in total. The zero-order chi connectivity index (χ0) is 27.7. The number of carbonyl (C=O) groups is 1. The first-order chi connectivity index (χ1) is 18.7. The third-order valence-electron chi connectivity index (χ3n) is 6.99. The van der Waals surface area contributed by atoms with Crippen molar-refractivity contribution in [3.63, 3.8) is 0 Å². The number of aromatic nitrogens is 3. The van der Waals surface area contributed by atoms with Crippen LogP contribution in [-0.4, -0.2) is 62.2 Å². The lowest BCUT2D eigenvalue weighted by molar-refractivity contribution is 0.0118. The number of amides is 1. The van der Waals surface area contributed by atoms with Gasteiger partial charge < -0.3 is 14.2 Å². The number of aryl methyl sites for hydroxylation is 1. The quantitative estimate of drug-likeness (QED) is 0.226. The molecule has 0 saturated carbocycles. The van der Waals surface area contributed by atoms with Crippen LogP contribution >= 0.6 is 11.6 Å². The summed E-state index contributed by atoms with van der Waals surface area (Å²) in [7, 11) is 1.88. The van der Waals surface area contributed by atoms with Crippen molar-refractivity contribution in [3.8, 4) is 0 Å². The van der Waals surface area contributed by atoms with Crippen LogP contribution in [0.3, 0.4) is 0 Å². The van der Waals surface area contributed by atoms with Crippen molar-refractivity contribution in [1.82, 2.24) is 24.3 Å². The molecular weight excluding hydrogens is 516 g/mol. The minimum atomic E-state index is -0.629. The molecule has 3 aromatic rings. The van der Waals surface area contributed by atoms with Gasteiger partial charge in [0.15, 0.2) is 0 Å². The van der Waals surface area contributed by atoms with Gasteiger partial charge >= 0.3 is 6.09 Å². The lowest BCUT2D eigenvalue weighted by Gasteiger charge is -2.40. The summed E-state index contributed by atoms with van der Waals surface area (Å²) in [5, 5.41) is 4.79. The molecule has 0 unspecified atom stereocenters. The number of fused-ring (bicyclic) bond motifs is 2. The Bertz CT molecular complexity index is 1460. The number of imidazole rings is 1. The predicted molar refractivity (Wildman–Crippen MR) is 150 cm³/mol. The molecule has 2 aromatic heterocycles. The van der Waals surface area contributed by atoms with Gasteiger partial charge in [-0.25, -0.2) is 9.78 Å². The summed E-state index contributed by atoms with van der Waals surface area (Å²) in [5.41, 5.74) is 14.3. The number of piperazine rings is 1. The first-order valence-electron chi connectivity index (χ1n) is 12.8. The van der Waals surface area contributed by atoms with Gasteiger partial charge in [0.1, 0.15) is 11.6 Å². The average Bonchev–Trinajstić information content (AvgIpc) is 3.26. The van der Waals surface area contributed by atoms with Crippen LogP contribution in [0.5, 0.6) is 0 Å². The molecule has 3 heterocycles. The van der Waals surface area contributed by atoms with E-state index in [1.165, 1.54) is 0 Å². The number of halogens is 1. The van der Waals surface area contributed by atoms with E-state index in [2.05, 4.69) is 19.9 Å². The van der Waals surface area contributed by atoms with Crippen molar-refractivity contribution >= 4 is 29.3 Å². The smallest absolute Gasteiger partial charge is 0.410 e. The molecule has 39 heavy (non-hydrogen) atoms. The molecule has 0 spiro atoms. The highest BCUT2D eigenvalue weighted by atomic mass is 35.5. The molecule has 202 valence electrons. The maximum Gasteiger partial charge on any atom is 0.410 e. The summed E-state index contributed by atoms with van der Waals surface area (Å²) in [5.74, 6) is 0. The number of ether oxygens (including phenoxy) is 1. The fourth-order valence-corrected chi connectivity index (χ4v) is 5.41. The molecule has 5 rings (SSSR count). The van der Waals surface area contributed by atoms with E-state index < -0.39 is 11.6 Å². The minimum Gasteiger partial charge on any atom is -0.444 e. The van der Waals surface area contributed by atoms with Gasteiger partial charge in [-0.1, -0.05) is 28.8 Å². The van der Waals surface area contributed by atoms with Crippen molar-refractivity contribution < 1.29 is 9.53 Å². The summed E-state index contributed by atoms with van der Waals surface area (Å²) in [6, 6.07) is 8.93. The van der Waals surface area contributed by atoms with Crippen LogP contribution in [0.25, 0.3) is 22.1 Å². The van der Waals surface area contributed by atoms with E-state index in [9.17, 15) is 10.3 Å². The number of pyridine rings is 1. The molecule has 1 aromatic carbocycles. The third kappa shape index (κ3) is 5.49. The first-order valence-corrected chi connectivity index (χ1v) is 13.2. The number of carbonyl (C=O) groups excluding carboxylic acids is 1. The summed E-state index contributed by atoms with van der Waals surface area (Å²) in [4.78, 5) is 29.1. The van der Waals surface area contributed by atoms with E-state index >= 15 is 0 Å². The Balaban J connectivity index is 1.58. The molecule has 2 atom stereocenters. The summed E-state index contributed by atoms with van der Waals surface area (Å²) in [6.45, 7) is 7.96. The highest BCUT2D eigenvalue weighted by Crippen LogP contribution is 2.45. The van der Waals surface area contributed by atoms with Gasteiger partial charge in [0.05, 0.1) is 23.8 Å². The second kappa shape index (κ2) is 10.7. The third-order valence-corrected chi connectivity index (χ3v) is 7.22. The molecule has 1 amide bonds. The monoisotopic (exact) mass is 546 g/mol. The molecule has 1 aliphatic heterocycles. The van der Waals surface area contributed by atoms with Crippen LogP contribution in [0.15, 0.2) is 54.2 Å². The van der Waals surface area contributed by atoms with Crippen LogP contribution in [0.1, 0.15) is 60.9 Å². The Labute approximate surface area is 232 Å². The van der Waals surface area contributed by atoms with E-state index in [-0.39, 0.29) is 12.1 Å². The van der Waals surface area contributed by atoms with Crippen molar-refractivity contribution in [2.75, 3.05) is 26.2 Å². The largest absolute Gasteiger partial charge is 0.444 e. The standard InChI is InChI=1S/C28H31ClN8O2/c1-28(2,3)39-27(38)37-12-10-36(11-13-37)26-20-8-7-19(29)15-21(20)22(14-18-6-5-9-32-24(18)26)25(33-34-30)23-16-31-17-35(23)4/h5-9,14-17,25-26H,10-13H2,1-4H3/t25-,26+/m1/s1. The van der Waals surface area contributed by atoms with Crippen LogP contribution in [-0.2, 0) is 11.8 Å². The predicted octanol–water partition coefficient (Wildman–Crippen LogP) is 6.02. The van der Waals surface area contributed by atoms with Crippen LogP contribution in [0.4, 0.5) is 4.79 Å². The van der Waals surface area contributed by atoms with Crippen molar-refractivity contribution in [3.05, 3.63) is 92.6 Å². The second-order valence-electron chi connectivity index (χ2n) is 10.8. The van der Waals surface area contributed by atoms with Gasteiger partial charge in [-0.15, -0.1) is 0 Å². The number of benzene rings is 1. The lowest BCUT2D eigenvalue weighted by Crippen LogP contribution is -2.51. The van der Waals surface area contributed by atoms with Gasteiger partial charge in [-0.3, -0.25) is 9.88 Å². The Kier molecular flexibility index (Phi) is 7.36. The van der Waals surface area contributed by atoms with Gasteiger partial charge in [0, 0.05) is 55.6 Å². The Morgan fingerprint density at radius 1 is 1.23 bits per heavy atom. The van der Waals surface area contributed by atoms with Gasteiger partial charge in [-0.2, -0.15) is 0 Å². The molecule has 1 saturated heterocycles. The zero-order valence-corrected chi connectivity index (χ0v) is 23.2. The Morgan fingerprint density at radius 3 is 2.67 bits per heavy atom.